The number of Topliss-reactive ketones (excluding diaryl/α,β-unsaturated/α-hetero) is 3. The second kappa shape index (κ2) is 35.7. The lowest BCUT2D eigenvalue weighted by Crippen LogP contribution is -2.61. The summed E-state index contributed by atoms with van der Waals surface area (Å²) in [6, 6.07) is -1.19. The van der Waals surface area contributed by atoms with Crippen molar-refractivity contribution in [1.29, 1.82) is 0 Å². The Kier molecular flexibility index (Phi) is 30.5. The monoisotopic (exact) mass is 1160 g/mol. The lowest BCUT2D eigenvalue weighted by molar-refractivity contribution is -0.265. The van der Waals surface area contributed by atoms with Crippen molar-refractivity contribution in [2.75, 3.05) is 67.6 Å². The topological polar surface area (TPSA) is 261 Å². The van der Waals surface area contributed by atoms with E-state index in [1.807, 2.05) is 58.1 Å². The van der Waals surface area contributed by atoms with Gasteiger partial charge in [-0.15, -0.1) is 0 Å². The number of allylic oxidation sites excluding steroid dienone is 6. The number of aliphatic hydroxyl groups is 2. The SMILES string of the molecule is CCOCCOCCNC(=O)CCC(=O)NCO[C@H]1CC[C@H](C[C@H](C)[C@H]2CC(=O)[C@@H](C)C=C(C)[C@H](O)[C@H](OC)C(=O)[C@@H](C)C[C@@H](C)C=CC=CC=C(C)[C@H](OC)C[C@H]3CC[C@H](C)[C@](O)(O3)C(=O)C(=O)N3CCCC[C@@H]3C(=O)O2)C[C@@H]1OC. The smallest absolute Gasteiger partial charge is 0.329 e. The van der Waals surface area contributed by atoms with Gasteiger partial charge in [-0.1, -0.05) is 71.1 Å². The van der Waals surface area contributed by atoms with Crippen LogP contribution in [-0.4, -0.2) is 178 Å². The standard InChI is InChI=1S/C62H99N3O17/c1-12-78-30-31-79-29-27-63-54(67)25-26-55(68)64-38-80-50-24-22-46(35-53(50)76-10)34-42(5)52-37-49(66)41(4)33-44(7)57(70)58(77-11)56(69)43(6)32-39(2)18-14-13-15-19-40(3)51(75-9)36-47-23-21-45(8)62(74,82-47)59(71)60(72)65-28-17-16-20-48(65)61(73)81-52/h13-15,18-19,33,39,41-43,45-48,50-53,57-58,70,74H,12,16-17,20-32,34-38H2,1-11H3,(H,63,67)(H,64,68)/t39-,41-,42-,43-,45-,46+,47+,48+,50-,51+,52+,53-,57-,58+,62-/m0/s1. The van der Waals surface area contributed by atoms with Gasteiger partial charge in [0.25, 0.3) is 11.7 Å². The Morgan fingerprint density at radius 1 is 0.817 bits per heavy atom. The first-order valence-corrected chi connectivity index (χ1v) is 29.9. The van der Waals surface area contributed by atoms with E-state index >= 15 is 0 Å². The average molecular weight is 1160 g/mol. The number of hydrogen-bond donors (Lipinski definition) is 4. The third kappa shape index (κ3) is 21.5. The molecule has 0 aromatic carbocycles. The Balaban J connectivity index is 1.55. The van der Waals surface area contributed by atoms with Crippen molar-refractivity contribution >= 4 is 41.0 Å². The fourth-order valence-corrected chi connectivity index (χ4v) is 11.6. The van der Waals surface area contributed by atoms with Crippen molar-refractivity contribution in [3.8, 4) is 0 Å². The molecule has 4 aliphatic rings. The number of carbonyl (C=O) groups is 7. The maximum absolute atomic E-state index is 14.6. The van der Waals surface area contributed by atoms with Gasteiger partial charge in [0, 0.05) is 84.5 Å². The number of rotatable bonds is 19. The van der Waals surface area contributed by atoms with Gasteiger partial charge in [0.2, 0.25) is 17.6 Å². The van der Waals surface area contributed by atoms with E-state index in [4.69, 9.17) is 37.9 Å². The molecule has 464 valence electrons. The third-order valence-corrected chi connectivity index (χ3v) is 16.7. The summed E-state index contributed by atoms with van der Waals surface area (Å²) >= 11 is 0. The van der Waals surface area contributed by atoms with Gasteiger partial charge in [0.1, 0.15) is 36.9 Å². The number of nitrogens with one attached hydrogen (secondary N) is 2. The van der Waals surface area contributed by atoms with Gasteiger partial charge >= 0.3 is 5.97 Å². The van der Waals surface area contributed by atoms with E-state index in [1.165, 1.54) is 12.0 Å². The van der Waals surface area contributed by atoms with Crippen molar-refractivity contribution in [3.63, 3.8) is 0 Å². The molecule has 3 aliphatic heterocycles. The first-order valence-electron chi connectivity index (χ1n) is 29.9. The van der Waals surface area contributed by atoms with Gasteiger partial charge in [-0.05, 0) is 114 Å². The molecule has 3 amide bonds. The van der Waals surface area contributed by atoms with Crippen LogP contribution in [0.1, 0.15) is 145 Å². The Morgan fingerprint density at radius 3 is 2.23 bits per heavy atom. The molecule has 4 rings (SSSR count). The molecule has 15 atom stereocenters. The van der Waals surface area contributed by atoms with Crippen LogP contribution in [0.15, 0.2) is 47.6 Å². The highest BCUT2D eigenvalue weighted by atomic mass is 16.6. The first-order chi connectivity index (χ1) is 39.1. The average Bonchev–Trinajstić information content (AvgIpc) is 3.66. The first kappa shape index (κ1) is 70.0. The molecule has 0 unspecified atom stereocenters. The molecule has 4 N–H and O–H groups in total. The van der Waals surface area contributed by atoms with Gasteiger partial charge in [-0.25, -0.2) is 4.79 Å². The number of esters is 1. The van der Waals surface area contributed by atoms with Crippen molar-refractivity contribution in [2.24, 2.45) is 35.5 Å². The molecule has 0 spiro atoms. The predicted octanol–water partition coefficient (Wildman–Crippen LogP) is 6.23. The summed E-state index contributed by atoms with van der Waals surface area (Å²) in [5, 5.41) is 29.1. The van der Waals surface area contributed by atoms with Crippen LogP contribution >= 0.6 is 0 Å². The lowest BCUT2D eigenvalue weighted by Gasteiger charge is -2.42. The third-order valence-electron chi connectivity index (χ3n) is 16.7. The Bertz CT molecular complexity index is 2200. The van der Waals surface area contributed by atoms with Gasteiger partial charge in [-0.3, -0.25) is 28.8 Å². The van der Waals surface area contributed by atoms with Crippen LogP contribution in [-0.2, 0) is 71.5 Å². The van der Waals surface area contributed by atoms with E-state index in [0.29, 0.717) is 103 Å². The fraction of sp³-hybridized carbons (Fsp3) is 0.758. The Labute approximate surface area is 487 Å². The number of cyclic esters (lactones) is 1. The minimum Gasteiger partial charge on any atom is -0.460 e. The quantitative estimate of drug-likeness (QED) is 0.0367. The number of ketones is 3. The van der Waals surface area contributed by atoms with Crippen molar-refractivity contribution in [3.05, 3.63) is 47.6 Å². The Hall–Kier alpha value is -4.51. The fourth-order valence-electron chi connectivity index (χ4n) is 11.6. The number of piperidine rings is 1. The van der Waals surface area contributed by atoms with Gasteiger partial charge < -0.3 is 63.6 Å². The van der Waals surface area contributed by atoms with E-state index in [1.54, 1.807) is 48.0 Å². The van der Waals surface area contributed by atoms with E-state index < -0.39 is 83.7 Å². The second-order valence-corrected chi connectivity index (χ2v) is 23.1. The van der Waals surface area contributed by atoms with Crippen molar-refractivity contribution in [1.82, 2.24) is 15.5 Å². The summed E-state index contributed by atoms with van der Waals surface area (Å²) in [6.07, 6.45) is 10.8. The molecule has 20 heteroatoms. The summed E-state index contributed by atoms with van der Waals surface area (Å²) in [7, 11) is 4.53. The number of aliphatic hydroxyl groups excluding tert-OH is 1. The number of ether oxygens (including phenoxy) is 8. The highest BCUT2D eigenvalue weighted by molar-refractivity contribution is 6.39. The van der Waals surface area contributed by atoms with Crippen molar-refractivity contribution in [2.45, 2.75) is 200 Å². The van der Waals surface area contributed by atoms with Crippen LogP contribution in [0.25, 0.3) is 0 Å². The summed E-state index contributed by atoms with van der Waals surface area (Å²) in [6.45, 7) is 16.6. The minimum atomic E-state index is -2.47. The van der Waals surface area contributed by atoms with Gasteiger partial charge in [0.15, 0.2) is 5.78 Å². The number of amides is 3. The number of fused-ring (bicyclic) bond motifs is 3. The molecule has 0 radical (unpaired) electrons. The van der Waals surface area contributed by atoms with Crippen LogP contribution in [0, 0.1) is 35.5 Å². The largest absolute Gasteiger partial charge is 0.460 e. The molecular formula is C62H99N3O17. The molecule has 3 heterocycles. The number of hydrogen-bond acceptors (Lipinski definition) is 17. The number of nitrogens with zero attached hydrogens (tertiary/aromatic N) is 1. The molecule has 0 aromatic rings. The summed E-state index contributed by atoms with van der Waals surface area (Å²) in [5.74, 6) is -9.03. The molecule has 1 aliphatic carbocycles. The summed E-state index contributed by atoms with van der Waals surface area (Å²) < 4.78 is 46.6. The molecule has 3 fully saturated rings. The summed E-state index contributed by atoms with van der Waals surface area (Å²) in [4.78, 5) is 97.7. The highest BCUT2D eigenvalue weighted by Gasteiger charge is 2.53. The molecule has 82 heavy (non-hydrogen) atoms. The predicted molar refractivity (Wildman–Crippen MR) is 307 cm³/mol. The molecule has 0 aromatic heterocycles. The van der Waals surface area contributed by atoms with Crippen LogP contribution in [0.5, 0.6) is 0 Å². The van der Waals surface area contributed by atoms with E-state index in [9.17, 15) is 43.8 Å². The van der Waals surface area contributed by atoms with Crippen LogP contribution in [0.4, 0.5) is 0 Å². The number of carbonyl (C=O) groups excluding carboxylic acids is 7. The Morgan fingerprint density at radius 2 is 1.54 bits per heavy atom. The summed E-state index contributed by atoms with van der Waals surface area (Å²) in [5.41, 5.74) is 1.23. The second-order valence-electron chi connectivity index (χ2n) is 23.1. The zero-order valence-electron chi connectivity index (χ0n) is 50.9. The zero-order chi connectivity index (χ0) is 60.5. The van der Waals surface area contributed by atoms with Crippen LogP contribution in [0.2, 0.25) is 0 Å². The normalized spacial score (nSPS) is 32.3. The van der Waals surface area contributed by atoms with Gasteiger partial charge in [0.05, 0.1) is 44.2 Å². The molecule has 2 saturated heterocycles. The zero-order valence-corrected chi connectivity index (χ0v) is 50.9. The van der Waals surface area contributed by atoms with Crippen LogP contribution in [0.3, 0.4) is 0 Å². The maximum atomic E-state index is 14.6. The van der Waals surface area contributed by atoms with Gasteiger partial charge in [-0.2, -0.15) is 0 Å². The van der Waals surface area contributed by atoms with E-state index in [2.05, 4.69) is 10.6 Å². The molecule has 20 nitrogen and oxygen atoms in total. The highest BCUT2D eigenvalue weighted by Crippen LogP contribution is 2.38. The number of methoxy groups -OCH3 is 3. The van der Waals surface area contributed by atoms with Crippen molar-refractivity contribution < 1.29 is 81.7 Å². The molecule has 2 bridgehead atoms. The minimum absolute atomic E-state index is 0.00570. The lowest BCUT2D eigenvalue weighted by atomic mass is 9.78. The molecular weight excluding hydrogens is 1060 g/mol. The van der Waals surface area contributed by atoms with E-state index in [0.717, 1.165) is 5.57 Å². The maximum Gasteiger partial charge on any atom is 0.329 e. The van der Waals surface area contributed by atoms with E-state index in [-0.39, 0.29) is 86.4 Å². The molecule has 1 saturated carbocycles. The van der Waals surface area contributed by atoms with Crippen LogP contribution < -0.4 is 10.6 Å².